The van der Waals surface area contributed by atoms with Crippen LogP contribution in [0.3, 0.4) is 0 Å². The van der Waals surface area contributed by atoms with Gasteiger partial charge in [-0.25, -0.2) is 0 Å². The van der Waals surface area contributed by atoms with Crippen molar-refractivity contribution >= 4 is 0 Å². The van der Waals surface area contributed by atoms with Crippen LogP contribution in [0.2, 0.25) is 0 Å². The molecule has 4 aromatic carbocycles. The number of benzene rings is 4. The number of ether oxygens (including phenoxy) is 5. The average Bonchev–Trinajstić information content (AvgIpc) is 3.04. The van der Waals surface area contributed by atoms with Crippen LogP contribution in [0.4, 0.5) is 0 Å². The number of allylic oxidation sites excluding steroid dienone is 1. The lowest BCUT2D eigenvalue weighted by Crippen LogP contribution is -2.56. The minimum absolute atomic E-state index is 0.349. The highest BCUT2D eigenvalue weighted by molar-refractivity contribution is 5.20. The smallest absolute Gasteiger partial charge is 0.150 e. The normalized spacial score (nSPS) is 20.2. The molecule has 0 amide bonds. The molecular formula is C37H40O5. The molecule has 5 nitrogen and oxygen atoms in total. The maximum absolute atomic E-state index is 6.73. The van der Waals surface area contributed by atoms with Crippen molar-refractivity contribution in [2.45, 2.75) is 64.7 Å². The Labute approximate surface area is 249 Å². The topological polar surface area (TPSA) is 46.2 Å². The van der Waals surface area contributed by atoms with E-state index >= 15 is 0 Å². The van der Waals surface area contributed by atoms with Crippen molar-refractivity contribution in [1.29, 1.82) is 0 Å². The fourth-order valence-corrected chi connectivity index (χ4v) is 5.08. The van der Waals surface area contributed by atoms with E-state index in [9.17, 15) is 0 Å². The highest BCUT2D eigenvalue weighted by atomic mass is 16.6. The monoisotopic (exact) mass is 564 g/mol. The minimum atomic E-state index is -0.454. The van der Waals surface area contributed by atoms with Gasteiger partial charge in [-0.15, -0.1) is 0 Å². The maximum Gasteiger partial charge on any atom is 0.150 e. The molecule has 1 heterocycles. The summed E-state index contributed by atoms with van der Waals surface area (Å²) in [7, 11) is 0. The summed E-state index contributed by atoms with van der Waals surface area (Å²) in [5.74, 6) is 0.775. The zero-order chi connectivity index (χ0) is 29.0. The summed E-state index contributed by atoms with van der Waals surface area (Å²) >= 11 is 0. The summed E-state index contributed by atoms with van der Waals surface area (Å²) in [6, 6.07) is 40.7. The molecule has 0 aromatic heterocycles. The Balaban J connectivity index is 1.42. The molecule has 1 saturated heterocycles. The first kappa shape index (κ1) is 29.7. The van der Waals surface area contributed by atoms with Gasteiger partial charge in [-0.1, -0.05) is 121 Å². The molecule has 3 unspecified atom stereocenters. The number of hydrogen-bond donors (Lipinski definition) is 0. The molecule has 0 radical (unpaired) electrons. The second-order valence-electron chi connectivity index (χ2n) is 10.8. The van der Waals surface area contributed by atoms with Crippen molar-refractivity contribution in [2.24, 2.45) is 0 Å². The third-order valence-corrected chi connectivity index (χ3v) is 7.25. The fraction of sp³-hybridized carbons (Fsp3) is 0.297. The van der Waals surface area contributed by atoms with Crippen molar-refractivity contribution in [3.63, 3.8) is 0 Å². The quantitative estimate of drug-likeness (QED) is 0.167. The Hall–Kier alpha value is -3.74. The van der Waals surface area contributed by atoms with E-state index in [4.69, 9.17) is 23.7 Å². The predicted octanol–water partition coefficient (Wildman–Crippen LogP) is 7.65. The standard InChI is InChI=1S/C37H40O5/c1-28(2)34-36(40-25-31-19-11-5-12-20-31)37(41-26-32-21-13-6-14-22-32)35(39-24-30-17-9-4-10-18-30)33(42-34)27-38-23-29-15-7-3-8-16-29/h3-22,33,35-37H,23-27H2,1-2H3/t33?,35-,36?,37?/m1/s1. The van der Waals surface area contributed by atoms with Crippen molar-refractivity contribution in [3.8, 4) is 0 Å². The fourth-order valence-electron chi connectivity index (χ4n) is 5.08. The van der Waals surface area contributed by atoms with E-state index in [-0.39, 0.29) is 6.10 Å². The first-order valence-electron chi connectivity index (χ1n) is 14.6. The first-order chi connectivity index (χ1) is 20.7. The van der Waals surface area contributed by atoms with Gasteiger partial charge in [0.25, 0.3) is 0 Å². The molecule has 0 spiro atoms. The summed E-state index contributed by atoms with van der Waals surface area (Å²) in [5.41, 5.74) is 5.40. The Morgan fingerprint density at radius 2 is 0.929 bits per heavy atom. The van der Waals surface area contributed by atoms with Gasteiger partial charge in [-0.05, 0) is 41.7 Å². The van der Waals surface area contributed by atoms with Crippen LogP contribution in [0.5, 0.6) is 0 Å². The molecule has 4 aromatic rings. The van der Waals surface area contributed by atoms with Gasteiger partial charge in [0.1, 0.15) is 24.1 Å². The summed E-state index contributed by atoms with van der Waals surface area (Å²) < 4.78 is 32.9. The van der Waals surface area contributed by atoms with Crippen LogP contribution in [-0.2, 0) is 50.1 Å². The van der Waals surface area contributed by atoms with Crippen LogP contribution >= 0.6 is 0 Å². The van der Waals surface area contributed by atoms with Crippen molar-refractivity contribution < 1.29 is 23.7 Å². The van der Waals surface area contributed by atoms with Gasteiger partial charge >= 0.3 is 0 Å². The van der Waals surface area contributed by atoms with Gasteiger partial charge in [-0.3, -0.25) is 0 Å². The molecule has 0 bridgehead atoms. The van der Waals surface area contributed by atoms with E-state index < -0.39 is 18.3 Å². The second-order valence-corrected chi connectivity index (χ2v) is 10.8. The lowest BCUT2D eigenvalue weighted by atomic mass is 9.95. The molecule has 0 aliphatic carbocycles. The maximum atomic E-state index is 6.73. The van der Waals surface area contributed by atoms with E-state index in [0.717, 1.165) is 33.6 Å². The molecule has 5 rings (SSSR count). The van der Waals surface area contributed by atoms with E-state index in [1.54, 1.807) is 0 Å². The highest BCUT2D eigenvalue weighted by Gasteiger charge is 2.47. The molecule has 0 N–H and O–H groups in total. The van der Waals surface area contributed by atoms with E-state index in [1.807, 2.05) is 72.8 Å². The molecule has 1 fully saturated rings. The lowest BCUT2D eigenvalue weighted by molar-refractivity contribution is -0.223. The minimum Gasteiger partial charge on any atom is -0.487 e. The van der Waals surface area contributed by atoms with Crippen molar-refractivity contribution in [3.05, 3.63) is 155 Å². The molecule has 42 heavy (non-hydrogen) atoms. The zero-order valence-corrected chi connectivity index (χ0v) is 24.4. The number of hydrogen-bond acceptors (Lipinski definition) is 5. The van der Waals surface area contributed by atoms with Crippen LogP contribution < -0.4 is 0 Å². The van der Waals surface area contributed by atoms with Crippen LogP contribution in [0, 0.1) is 0 Å². The molecule has 5 heteroatoms. The predicted molar refractivity (Wildman–Crippen MR) is 164 cm³/mol. The van der Waals surface area contributed by atoms with E-state index in [1.165, 1.54) is 0 Å². The molecule has 218 valence electrons. The Morgan fingerprint density at radius 3 is 1.38 bits per heavy atom. The van der Waals surface area contributed by atoms with E-state index in [2.05, 4.69) is 62.4 Å². The Bertz CT molecular complexity index is 1350. The third kappa shape index (κ3) is 8.40. The van der Waals surface area contributed by atoms with Gasteiger partial charge in [0.05, 0.1) is 33.0 Å². The van der Waals surface area contributed by atoms with Gasteiger partial charge in [0.2, 0.25) is 0 Å². The van der Waals surface area contributed by atoms with Crippen LogP contribution in [-0.4, -0.2) is 31.0 Å². The van der Waals surface area contributed by atoms with Gasteiger partial charge in [0.15, 0.2) is 6.10 Å². The Morgan fingerprint density at radius 1 is 0.524 bits per heavy atom. The van der Waals surface area contributed by atoms with E-state index in [0.29, 0.717) is 33.0 Å². The summed E-state index contributed by atoms with van der Waals surface area (Å²) in [5, 5.41) is 0. The van der Waals surface area contributed by atoms with Crippen LogP contribution in [0.15, 0.2) is 133 Å². The first-order valence-corrected chi connectivity index (χ1v) is 14.6. The van der Waals surface area contributed by atoms with Crippen molar-refractivity contribution in [1.82, 2.24) is 0 Å². The van der Waals surface area contributed by atoms with Crippen molar-refractivity contribution in [2.75, 3.05) is 6.61 Å². The average molecular weight is 565 g/mol. The third-order valence-electron chi connectivity index (χ3n) is 7.25. The summed E-state index contributed by atoms with van der Waals surface area (Å²) in [6.45, 7) is 6.21. The highest BCUT2D eigenvalue weighted by Crippen LogP contribution is 2.34. The molecule has 1 aliphatic rings. The molecule has 4 atom stereocenters. The summed E-state index contributed by atoms with van der Waals surface area (Å²) in [6.07, 6.45) is -1.71. The second kappa shape index (κ2) is 15.5. The molecule has 1 aliphatic heterocycles. The Kier molecular flexibility index (Phi) is 11.0. The van der Waals surface area contributed by atoms with Gasteiger partial charge in [0, 0.05) is 0 Å². The van der Waals surface area contributed by atoms with Crippen LogP contribution in [0.1, 0.15) is 36.1 Å². The van der Waals surface area contributed by atoms with Gasteiger partial charge < -0.3 is 23.7 Å². The van der Waals surface area contributed by atoms with Crippen LogP contribution in [0.25, 0.3) is 0 Å². The largest absolute Gasteiger partial charge is 0.487 e. The molecular weight excluding hydrogens is 524 g/mol. The lowest BCUT2D eigenvalue weighted by Gasteiger charge is -2.44. The van der Waals surface area contributed by atoms with Gasteiger partial charge in [-0.2, -0.15) is 0 Å². The SMILES string of the molecule is CC(C)=C1OC(COCc2ccccc2)[C@@H](OCc2ccccc2)C(OCc2ccccc2)C1OCc1ccccc1. The number of rotatable bonds is 13. The molecule has 0 saturated carbocycles. The zero-order valence-electron chi connectivity index (χ0n) is 24.4. The summed E-state index contributed by atoms with van der Waals surface area (Å²) in [4.78, 5) is 0.